The molecule has 9 heteroatoms. The van der Waals surface area contributed by atoms with E-state index in [1.165, 1.54) is 18.5 Å². The van der Waals surface area contributed by atoms with Gasteiger partial charge in [0.1, 0.15) is 18.0 Å². The van der Waals surface area contributed by atoms with Gasteiger partial charge in [-0.2, -0.15) is 4.98 Å². The Kier molecular flexibility index (Phi) is 5.88. The zero-order valence-electron chi connectivity index (χ0n) is 13.8. The van der Waals surface area contributed by atoms with Crippen molar-refractivity contribution in [3.05, 3.63) is 54.0 Å². The van der Waals surface area contributed by atoms with E-state index >= 15 is 0 Å². The van der Waals surface area contributed by atoms with Crippen molar-refractivity contribution in [3.8, 4) is 11.1 Å². The molecule has 0 amide bonds. The lowest BCUT2D eigenvalue weighted by Crippen LogP contribution is -2.11. The predicted molar refractivity (Wildman–Crippen MR) is 99.9 cm³/mol. The van der Waals surface area contributed by atoms with Crippen LogP contribution in [0.3, 0.4) is 0 Å². The highest BCUT2D eigenvalue weighted by Gasteiger charge is 2.11. The Morgan fingerprint density at radius 2 is 1.96 bits per heavy atom. The van der Waals surface area contributed by atoms with E-state index in [1.54, 1.807) is 24.7 Å². The molecule has 0 aliphatic heterocycles. The molecule has 0 saturated carbocycles. The van der Waals surface area contributed by atoms with Gasteiger partial charge in [0.2, 0.25) is 5.95 Å². The molecule has 26 heavy (non-hydrogen) atoms. The Balaban J connectivity index is 1.89. The summed E-state index contributed by atoms with van der Waals surface area (Å²) in [7, 11) is 0. The summed E-state index contributed by atoms with van der Waals surface area (Å²) in [5.74, 6) is 0.490. The number of halogens is 2. The van der Waals surface area contributed by atoms with Crippen molar-refractivity contribution in [2.75, 3.05) is 23.7 Å². The van der Waals surface area contributed by atoms with Gasteiger partial charge in [-0.1, -0.05) is 11.6 Å². The lowest BCUT2D eigenvalue weighted by atomic mass is 10.1. The van der Waals surface area contributed by atoms with Crippen LogP contribution in [-0.4, -0.2) is 33.0 Å². The van der Waals surface area contributed by atoms with Gasteiger partial charge in [-0.25, -0.2) is 19.3 Å². The summed E-state index contributed by atoms with van der Waals surface area (Å²) in [5, 5.41) is 6.28. The molecule has 4 N–H and O–H groups in total. The maximum absolute atomic E-state index is 13.3. The van der Waals surface area contributed by atoms with Gasteiger partial charge in [0.15, 0.2) is 0 Å². The molecule has 0 radical (unpaired) electrons. The van der Waals surface area contributed by atoms with Crippen molar-refractivity contribution in [1.29, 1.82) is 0 Å². The minimum absolute atomic E-state index is 0.0225. The lowest BCUT2D eigenvalue weighted by Gasteiger charge is -2.13. The van der Waals surface area contributed by atoms with Crippen LogP contribution in [0.15, 0.2) is 43.1 Å². The van der Waals surface area contributed by atoms with E-state index in [2.05, 4.69) is 30.6 Å². The number of nitrogens with zero attached hydrogens (tertiary/aromatic N) is 4. The highest BCUT2D eigenvalue weighted by Crippen LogP contribution is 2.27. The van der Waals surface area contributed by atoms with Gasteiger partial charge in [0, 0.05) is 41.9 Å². The second-order valence-electron chi connectivity index (χ2n) is 5.41. The van der Waals surface area contributed by atoms with Crippen LogP contribution in [-0.2, 0) is 0 Å². The summed E-state index contributed by atoms with van der Waals surface area (Å²) in [6, 6.07) is 4.31. The van der Waals surface area contributed by atoms with Gasteiger partial charge in [0.25, 0.3) is 0 Å². The third-order valence-electron chi connectivity index (χ3n) is 3.51. The van der Waals surface area contributed by atoms with Crippen LogP contribution >= 0.6 is 11.6 Å². The van der Waals surface area contributed by atoms with E-state index in [-0.39, 0.29) is 5.02 Å². The fraction of sp³-hybridized carbons (Fsp3) is 0.176. The summed E-state index contributed by atoms with van der Waals surface area (Å²) in [5.41, 5.74) is 7.70. The first kappa shape index (κ1) is 18.0. The fourth-order valence-corrected chi connectivity index (χ4v) is 2.42. The van der Waals surface area contributed by atoms with E-state index in [0.717, 1.165) is 17.5 Å². The summed E-state index contributed by atoms with van der Waals surface area (Å²) in [4.78, 5) is 16.9. The van der Waals surface area contributed by atoms with Gasteiger partial charge in [-0.3, -0.25) is 0 Å². The topological polar surface area (TPSA) is 102 Å². The summed E-state index contributed by atoms with van der Waals surface area (Å²) < 4.78 is 13.3. The molecular weight excluding hydrogens is 357 g/mol. The Morgan fingerprint density at radius 1 is 1.15 bits per heavy atom. The van der Waals surface area contributed by atoms with Crippen molar-refractivity contribution >= 4 is 29.1 Å². The molecule has 3 aromatic rings. The van der Waals surface area contributed by atoms with Crippen molar-refractivity contribution in [2.45, 2.75) is 6.42 Å². The highest BCUT2D eigenvalue weighted by atomic mass is 35.5. The second-order valence-corrected chi connectivity index (χ2v) is 5.81. The third kappa shape index (κ3) is 4.41. The molecule has 0 fully saturated rings. The molecule has 0 unspecified atom stereocenters. The standard InChI is InChI=1S/C17H17ClFN7/c18-14-6-12(2-3-15(14)19)25-17-24-9-13(11-7-21-10-22-8-11)16(26-17)23-5-1-4-20/h2-3,6-10H,1,4-5,20H2,(H2,23,24,25,26). The smallest absolute Gasteiger partial charge is 0.229 e. The molecule has 1 aromatic carbocycles. The summed E-state index contributed by atoms with van der Waals surface area (Å²) in [6.45, 7) is 1.23. The summed E-state index contributed by atoms with van der Waals surface area (Å²) in [6.07, 6.45) is 7.30. The maximum atomic E-state index is 13.3. The number of rotatable bonds is 7. The monoisotopic (exact) mass is 373 g/mol. The Hall–Kier alpha value is -2.84. The molecule has 0 atom stereocenters. The van der Waals surface area contributed by atoms with Crippen LogP contribution in [0.4, 0.5) is 21.8 Å². The second kappa shape index (κ2) is 8.50. The molecule has 3 rings (SSSR count). The average Bonchev–Trinajstić information content (AvgIpc) is 2.66. The number of nitrogens with one attached hydrogen (secondary N) is 2. The normalized spacial score (nSPS) is 10.6. The molecule has 0 aliphatic rings. The zero-order valence-corrected chi connectivity index (χ0v) is 14.5. The first-order valence-electron chi connectivity index (χ1n) is 7.96. The Morgan fingerprint density at radius 3 is 2.69 bits per heavy atom. The van der Waals surface area contributed by atoms with E-state index in [4.69, 9.17) is 17.3 Å². The minimum atomic E-state index is -0.485. The molecule has 2 aromatic heterocycles. The van der Waals surface area contributed by atoms with Crippen LogP contribution in [0.25, 0.3) is 11.1 Å². The molecule has 0 saturated heterocycles. The average molecular weight is 374 g/mol. The quantitative estimate of drug-likeness (QED) is 0.546. The predicted octanol–water partition coefficient (Wildman–Crippen LogP) is 3.23. The molecule has 7 nitrogen and oxygen atoms in total. The van der Waals surface area contributed by atoms with Crippen LogP contribution in [0.5, 0.6) is 0 Å². The van der Waals surface area contributed by atoms with Crippen LogP contribution < -0.4 is 16.4 Å². The van der Waals surface area contributed by atoms with E-state index in [0.29, 0.717) is 30.5 Å². The van der Waals surface area contributed by atoms with Gasteiger partial charge >= 0.3 is 0 Å². The minimum Gasteiger partial charge on any atom is -0.369 e. The Bertz CT molecular complexity index is 876. The molecule has 0 bridgehead atoms. The van der Waals surface area contributed by atoms with E-state index in [1.807, 2.05) is 0 Å². The number of aromatic nitrogens is 4. The number of nitrogens with two attached hydrogens (primary N) is 1. The van der Waals surface area contributed by atoms with Crippen LogP contribution in [0.2, 0.25) is 5.02 Å². The fourth-order valence-electron chi connectivity index (χ4n) is 2.24. The maximum Gasteiger partial charge on any atom is 0.229 e. The van der Waals surface area contributed by atoms with E-state index < -0.39 is 5.82 Å². The largest absolute Gasteiger partial charge is 0.369 e. The van der Waals surface area contributed by atoms with E-state index in [9.17, 15) is 4.39 Å². The van der Waals surface area contributed by atoms with Crippen molar-refractivity contribution in [1.82, 2.24) is 19.9 Å². The lowest BCUT2D eigenvalue weighted by molar-refractivity contribution is 0.628. The molecular formula is C17H17ClFN7. The summed E-state index contributed by atoms with van der Waals surface area (Å²) >= 11 is 5.81. The van der Waals surface area contributed by atoms with Crippen molar-refractivity contribution < 1.29 is 4.39 Å². The number of hydrogen-bond acceptors (Lipinski definition) is 7. The molecule has 0 aliphatic carbocycles. The number of anilines is 3. The first-order chi connectivity index (χ1) is 12.7. The molecule has 0 spiro atoms. The first-order valence-corrected chi connectivity index (χ1v) is 8.33. The van der Waals surface area contributed by atoms with Crippen LogP contribution in [0, 0.1) is 5.82 Å². The molecule has 134 valence electrons. The van der Waals surface area contributed by atoms with Gasteiger partial charge < -0.3 is 16.4 Å². The molecule has 2 heterocycles. The highest BCUT2D eigenvalue weighted by molar-refractivity contribution is 6.31. The zero-order chi connectivity index (χ0) is 18.4. The van der Waals surface area contributed by atoms with Gasteiger partial charge in [0.05, 0.1) is 5.02 Å². The third-order valence-corrected chi connectivity index (χ3v) is 3.80. The SMILES string of the molecule is NCCCNc1nc(Nc2ccc(F)c(Cl)c2)ncc1-c1cncnc1. The van der Waals surface area contributed by atoms with Crippen LogP contribution in [0.1, 0.15) is 6.42 Å². The van der Waals surface area contributed by atoms with Crippen molar-refractivity contribution in [2.24, 2.45) is 5.73 Å². The van der Waals surface area contributed by atoms with Gasteiger partial charge in [-0.05, 0) is 31.2 Å². The Labute approximate surface area is 154 Å². The van der Waals surface area contributed by atoms with Crippen molar-refractivity contribution in [3.63, 3.8) is 0 Å². The van der Waals surface area contributed by atoms with Gasteiger partial charge in [-0.15, -0.1) is 0 Å². The number of hydrogen-bond donors (Lipinski definition) is 3. The number of benzene rings is 1.